The van der Waals surface area contributed by atoms with Crippen molar-refractivity contribution in [3.8, 4) is 0 Å². The monoisotopic (exact) mass is 289 g/mol. The maximum atomic E-state index is 12.0. The zero-order valence-corrected chi connectivity index (χ0v) is 11.7. The molecule has 1 aromatic heterocycles. The van der Waals surface area contributed by atoms with Gasteiger partial charge in [0.15, 0.2) is 0 Å². The van der Waals surface area contributed by atoms with Crippen molar-refractivity contribution in [3.05, 3.63) is 62.4 Å². The summed E-state index contributed by atoms with van der Waals surface area (Å²) in [6.07, 6.45) is 1.45. The Hall–Kier alpha value is -2.83. The molecule has 0 unspecified atom stereocenters. The summed E-state index contributed by atoms with van der Waals surface area (Å²) in [6, 6.07) is 6.42. The lowest BCUT2D eigenvalue weighted by atomic mass is 10.1. The molecule has 0 saturated carbocycles. The zero-order valence-electron chi connectivity index (χ0n) is 11.7. The number of anilines is 1. The number of aromatic carboxylic acids is 1. The summed E-state index contributed by atoms with van der Waals surface area (Å²) in [5, 5.41) is 12.0. The predicted octanol–water partition coefficient (Wildman–Crippen LogP) is 0.394. The number of nitrogens with one attached hydrogen (secondary N) is 1. The van der Waals surface area contributed by atoms with E-state index in [1.54, 1.807) is 25.2 Å². The maximum Gasteiger partial charge on any atom is 0.337 e. The Balaban J connectivity index is 2.32. The second kappa shape index (κ2) is 5.66. The lowest BCUT2D eigenvalue weighted by Gasteiger charge is -2.10. The average molecular weight is 289 g/mol. The van der Waals surface area contributed by atoms with Gasteiger partial charge in [0.25, 0.3) is 5.56 Å². The minimum atomic E-state index is -1.05. The third kappa shape index (κ3) is 2.86. The molecule has 0 amide bonds. The van der Waals surface area contributed by atoms with Crippen LogP contribution < -0.4 is 16.6 Å². The van der Waals surface area contributed by atoms with Crippen LogP contribution in [-0.4, -0.2) is 20.2 Å². The summed E-state index contributed by atoms with van der Waals surface area (Å²) in [5.74, 6) is -1.05. The van der Waals surface area contributed by atoms with E-state index in [1.807, 2.05) is 0 Å². The molecule has 0 saturated heterocycles. The predicted molar refractivity (Wildman–Crippen MR) is 77.7 cm³/mol. The van der Waals surface area contributed by atoms with Crippen LogP contribution >= 0.6 is 0 Å². The van der Waals surface area contributed by atoms with Gasteiger partial charge in [-0.3, -0.25) is 9.36 Å². The summed E-state index contributed by atoms with van der Waals surface area (Å²) in [5.41, 5.74) is 0.105. The van der Waals surface area contributed by atoms with E-state index in [9.17, 15) is 14.4 Å². The SMILES string of the molecule is Cn1cc(CNc2ccccc2C(=O)O)c(=O)n(C)c1=O. The number of para-hydroxylation sites is 1. The van der Waals surface area contributed by atoms with Crippen molar-refractivity contribution < 1.29 is 9.90 Å². The number of aryl methyl sites for hydroxylation is 1. The van der Waals surface area contributed by atoms with Crippen LogP contribution in [0.4, 0.5) is 5.69 Å². The van der Waals surface area contributed by atoms with E-state index < -0.39 is 17.2 Å². The summed E-state index contributed by atoms with van der Waals surface area (Å²) in [4.78, 5) is 34.7. The van der Waals surface area contributed by atoms with Crippen molar-refractivity contribution in [1.29, 1.82) is 0 Å². The third-order valence-electron chi connectivity index (χ3n) is 3.14. The van der Waals surface area contributed by atoms with Crippen LogP contribution in [0.1, 0.15) is 15.9 Å². The fourth-order valence-corrected chi connectivity index (χ4v) is 2.02. The number of benzene rings is 1. The first-order valence-corrected chi connectivity index (χ1v) is 6.23. The van der Waals surface area contributed by atoms with Crippen LogP contribution in [0.2, 0.25) is 0 Å². The molecule has 21 heavy (non-hydrogen) atoms. The highest BCUT2D eigenvalue weighted by molar-refractivity contribution is 5.94. The van der Waals surface area contributed by atoms with E-state index in [0.29, 0.717) is 11.3 Å². The van der Waals surface area contributed by atoms with Gasteiger partial charge in [0.05, 0.1) is 11.1 Å². The normalized spacial score (nSPS) is 10.4. The first kappa shape index (κ1) is 14.6. The molecule has 7 heteroatoms. The molecule has 1 heterocycles. The molecule has 0 aliphatic carbocycles. The number of rotatable bonds is 4. The largest absolute Gasteiger partial charge is 0.478 e. The number of nitrogens with zero attached hydrogens (tertiary/aromatic N) is 2. The van der Waals surface area contributed by atoms with Crippen molar-refractivity contribution in [2.75, 3.05) is 5.32 Å². The fourth-order valence-electron chi connectivity index (χ4n) is 2.02. The van der Waals surface area contributed by atoms with Crippen LogP contribution in [-0.2, 0) is 20.6 Å². The number of aromatic nitrogens is 2. The molecule has 0 radical (unpaired) electrons. The zero-order chi connectivity index (χ0) is 15.6. The van der Waals surface area contributed by atoms with Gasteiger partial charge in [-0.25, -0.2) is 9.59 Å². The number of carboxylic acid groups (broad SMARTS) is 1. The highest BCUT2D eigenvalue weighted by Crippen LogP contribution is 2.15. The Morgan fingerprint density at radius 1 is 1.24 bits per heavy atom. The molecular weight excluding hydrogens is 274 g/mol. The highest BCUT2D eigenvalue weighted by Gasteiger charge is 2.10. The van der Waals surface area contributed by atoms with Crippen LogP contribution in [0, 0.1) is 0 Å². The Morgan fingerprint density at radius 3 is 2.57 bits per heavy atom. The molecule has 2 N–H and O–H groups in total. The van der Waals surface area contributed by atoms with Crippen LogP contribution in [0.15, 0.2) is 40.1 Å². The van der Waals surface area contributed by atoms with E-state index in [0.717, 1.165) is 4.57 Å². The van der Waals surface area contributed by atoms with Crippen molar-refractivity contribution in [2.24, 2.45) is 14.1 Å². The Labute approximate surface area is 120 Å². The topological polar surface area (TPSA) is 93.3 Å². The van der Waals surface area contributed by atoms with E-state index in [4.69, 9.17) is 5.11 Å². The number of hydrogen-bond donors (Lipinski definition) is 2. The van der Waals surface area contributed by atoms with Crippen molar-refractivity contribution >= 4 is 11.7 Å². The quantitative estimate of drug-likeness (QED) is 0.849. The second-order valence-electron chi connectivity index (χ2n) is 4.62. The summed E-state index contributed by atoms with van der Waals surface area (Å²) in [7, 11) is 2.95. The number of carbonyl (C=O) groups is 1. The van der Waals surface area contributed by atoms with Gasteiger partial charge >= 0.3 is 11.7 Å². The lowest BCUT2D eigenvalue weighted by Crippen LogP contribution is -2.38. The summed E-state index contributed by atoms with van der Waals surface area (Å²) in [6.45, 7) is 0.130. The molecule has 1 aromatic carbocycles. The van der Waals surface area contributed by atoms with E-state index in [2.05, 4.69) is 5.32 Å². The van der Waals surface area contributed by atoms with Gasteiger partial charge in [-0.2, -0.15) is 0 Å². The van der Waals surface area contributed by atoms with Crippen LogP contribution in [0.3, 0.4) is 0 Å². The van der Waals surface area contributed by atoms with E-state index in [-0.39, 0.29) is 12.1 Å². The Kier molecular flexibility index (Phi) is 3.93. The van der Waals surface area contributed by atoms with Gasteiger partial charge in [-0.15, -0.1) is 0 Å². The summed E-state index contributed by atoms with van der Waals surface area (Å²) >= 11 is 0. The van der Waals surface area contributed by atoms with Gasteiger partial charge in [0, 0.05) is 32.5 Å². The lowest BCUT2D eigenvalue weighted by molar-refractivity contribution is 0.0698. The van der Waals surface area contributed by atoms with E-state index >= 15 is 0 Å². The van der Waals surface area contributed by atoms with Crippen molar-refractivity contribution in [2.45, 2.75) is 6.54 Å². The Morgan fingerprint density at radius 2 is 1.90 bits per heavy atom. The standard InChI is InChI=1S/C14H15N3O4/c1-16-8-9(12(18)17(2)14(16)21)7-15-11-6-4-3-5-10(11)13(19)20/h3-6,8,15H,7H2,1-2H3,(H,19,20). The van der Waals surface area contributed by atoms with Gasteiger partial charge in [0.1, 0.15) is 0 Å². The highest BCUT2D eigenvalue weighted by atomic mass is 16.4. The molecule has 2 aromatic rings. The molecule has 0 aliphatic heterocycles. The number of carboxylic acids is 1. The molecule has 0 atom stereocenters. The van der Waals surface area contributed by atoms with E-state index in [1.165, 1.54) is 23.9 Å². The van der Waals surface area contributed by atoms with Crippen LogP contribution in [0.25, 0.3) is 0 Å². The molecule has 7 nitrogen and oxygen atoms in total. The number of hydrogen-bond acceptors (Lipinski definition) is 4. The Bertz CT molecular complexity index is 805. The molecule has 0 spiro atoms. The van der Waals surface area contributed by atoms with Crippen LogP contribution in [0.5, 0.6) is 0 Å². The molecule has 0 bridgehead atoms. The first-order chi connectivity index (χ1) is 9.91. The molecule has 2 rings (SSSR count). The van der Waals surface area contributed by atoms with Gasteiger partial charge in [-0.1, -0.05) is 12.1 Å². The van der Waals surface area contributed by atoms with Gasteiger partial charge in [-0.05, 0) is 12.1 Å². The molecule has 0 aliphatic rings. The summed E-state index contributed by atoms with van der Waals surface area (Å²) < 4.78 is 2.32. The minimum absolute atomic E-state index is 0.124. The molecular formula is C14H15N3O4. The minimum Gasteiger partial charge on any atom is -0.478 e. The second-order valence-corrected chi connectivity index (χ2v) is 4.62. The van der Waals surface area contributed by atoms with Gasteiger partial charge < -0.3 is 15.0 Å². The first-order valence-electron chi connectivity index (χ1n) is 6.23. The van der Waals surface area contributed by atoms with Crippen molar-refractivity contribution in [1.82, 2.24) is 9.13 Å². The average Bonchev–Trinajstić information content (AvgIpc) is 2.47. The fraction of sp³-hybridized carbons (Fsp3) is 0.214. The third-order valence-corrected chi connectivity index (χ3v) is 3.14. The molecule has 110 valence electrons. The van der Waals surface area contributed by atoms with Crippen molar-refractivity contribution in [3.63, 3.8) is 0 Å². The van der Waals surface area contributed by atoms with Gasteiger partial charge in [0.2, 0.25) is 0 Å². The molecule has 0 fully saturated rings. The smallest absolute Gasteiger partial charge is 0.337 e. The maximum absolute atomic E-state index is 12.0.